The first kappa shape index (κ1) is 16.0. The average Bonchev–Trinajstić information content (AvgIpc) is 2.36. The minimum atomic E-state index is -0.104. The van der Waals surface area contributed by atoms with Crippen molar-refractivity contribution < 1.29 is 9.59 Å². The molecule has 0 radical (unpaired) electrons. The summed E-state index contributed by atoms with van der Waals surface area (Å²) in [5.41, 5.74) is 0. The first-order valence-electron chi connectivity index (χ1n) is 7.28. The van der Waals surface area contributed by atoms with Crippen molar-refractivity contribution in [1.29, 1.82) is 0 Å². The Labute approximate surface area is 115 Å². The monoisotopic (exact) mass is 269 g/mol. The van der Waals surface area contributed by atoms with Crippen LogP contribution in [0, 0.1) is 11.8 Å². The lowest BCUT2D eigenvalue weighted by Crippen LogP contribution is -2.51. The molecule has 19 heavy (non-hydrogen) atoms. The summed E-state index contributed by atoms with van der Waals surface area (Å²) in [6.07, 6.45) is 2.56. The van der Waals surface area contributed by atoms with Gasteiger partial charge < -0.3 is 16.0 Å². The quantitative estimate of drug-likeness (QED) is 0.663. The number of amides is 2. The van der Waals surface area contributed by atoms with Gasteiger partial charge in [0.2, 0.25) is 11.8 Å². The molecule has 0 aliphatic carbocycles. The largest absolute Gasteiger partial charge is 0.356 e. The van der Waals surface area contributed by atoms with Gasteiger partial charge in [-0.3, -0.25) is 9.59 Å². The molecule has 1 rings (SSSR count). The second-order valence-corrected chi connectivity index (χ2v) is 5.79. The van der Waals surface area contributed by atoms with E-state index in [9.17, 15) is 9.59 Å². The molecule has 2 unspecified atom stereocenters. The zero-order valence-electron chi connectivity index (χ0n) is 12.3. The molecular weight excluding hydrogens is 242 g/mol. The highest BCUT2D eigenvalue weighted by atomic mass is 16.2. The normalized spacial score (nSPS) is 23.2. The first-order chi connectivity index (χ1) is 9.00. The van der Waals surface area contributed by atoms with E-state index in [1.165, 1.54) is 0 Å². The van der Waals surface area contributed by atoms with Crippen LogP contribution < -0.4 is 16.0 Å². The summed E-state index contributed by atoms with van der Waals surface area (Å²) in [5, 5.41) is 8.91. The fourth-order valence-corrected chi connectivity index (χ4v) is 2.22. The topological polar surface area (TPSA) is 70.2 Å². The van der Waals surface area contributed by atoms with Gasteiger partial charge in [0.15, 0.2) is 0 Å². The predicted molar refractivity (Wildman–Crippen MR) is 75.7 cm³/mol. The highest BCUT2D eigenvalue weighted by Gasteiger charge is 2.26. The summed E-state index contributed by atoms with van der Waals surface area (Å²) in [5.74, 6) is 0.830. The van der Waals surface area contributed by atoms with Crippen LogP contribution in [0.25, 0.3) is 0 Å². The van der Waals surface area contributed by atoms with Crippen molar-refractivity contribution in [3.8, 4) is 0 Å². The van der Waals surface area contributed by atoms with Crippen molar-refractivity contribution in [3.63, 3.8) is 0 Å². The second kappa shape index (κ2) is 8.15. The van der Waals surface area contributed by atoms with Crippen LogP contribution in [-0.2, 0) is 9.59 Å². The summed E-state index contributed by atoms with van der Waals surface area (Å²) in [4.78, 5) is 23.4. The van der Waals surface area contributed by atoms with Gasteiger partial charge in [0.25, 0.3) is 0 Å². The Bertz CT molecular complexity index is 305. The number of hydrogen-bond donors (Lipinski definition) is 3. The van der Waals surface area contributed by atoms with Crippen LogP contribution in [0.2, 0.25) is 0 Å². The van der Waals surface area contributed by atoms with Gasteiger partial charge in [-0.25, -0.2) is 0 Å². The average molecular weight is 269 g/mol. The maximum atomic E-state index is 12.0. The van der Waals surface area contributed by atoms with Gasteiger partial charge in [-0.2, -0.15) is 0 Å². The molecular formula is C14H27N3O2. The second-order valence-electron chi connectivity index (χ2n) is 5.79. The van der Waals surface area contributed by atoms with E-state index in [-0.39, 0.29) is 17.9 Å². The maximum Gasteiger partial charge on any atom is 0.237 e. The molecule has 1 aliphatic rings. The van der Waals surface area contributed by atoms with Crippen LogP contribution in [0.15, 0.2) is 0 Å². The molecule has 0 saturated carbocycles. The van der Waals surface area contributed by atoms with Crippen LogP contribution >= 0.6 is 0 Å². The third-order valence-electron chi connectivity index (χ3n) is 3.41. The molecule has 0 aromatic heterocycles. The van der Waals surface area contributed by atoms with Crippen molar-refractivity contribution in [2.75, 3.05) is 19.6 Å². The van der Waals surface area contributed by atoms with Crippen LogP contribution in [0.3, 0.4) is 0 Å². The van der Waals surface area contributed by atoms with E-state index in [4.69, 9.17) is 0 Å². The van der Waals surface area contributed by atoms with Crippen molar-refractivity contribution in [1.82, 2.24) is 16.0 Å². The molecule has 2 atom stereocenters. The third-order valence-corrected chi connectivity index (χ3v) is 3.41. The number of nitrogens with one attached hydrogen (secondary N) is 3. The number of carbonyl (C=O) groups is 2. The van der Waals surface area contributed by atoms with Crippen LogP contribution in [-0.4, -0.2) is 37.5 Å². The van der Waals surface area contributed by atoms with Gasteiger partial charge in [-0.15, -0.1) is 0 Å². The lowest BCUT2D eigenvalue weighted by Gasteiger charge is -2.28. The summed E-state index contributed by atoms with van der Waals surface area (Å²) < 4.78 is 0. The standard InChI is InChI=1S/C14H27N3O2/c1-10(2)9-17-12(18)6-8-16-14(19)13-11(3)5-4-7-15-13/h10-11,13,15H,4-9H2,1-3H3,(H,16,19)(H,17,18). The Kier molecular flexibility index (Phi) is 6.84. The molecule has 0 spiro atoms. The molecule has 0 bridgehead atoms. The maximum absolute atomic E-state index is 12.0. The fourth-order valence-electron chi connectivity index (χ4n) is 2.22. The molecule has 1 heterocycles. The zero-order valence-corrected chi connectivity index (χ0v) is 12.3. The fraction of sp³-hybridized carbons (Fsp3) is 0.857. The Balaban J connectivity index is 2.17. The highest BCUT2D eigenvalue weighted by Crippen LogP contribution is 2.15. The van der Waals surface area contributed by atoms with E-state index in [0.717, 1.165) is 19.4 Å². The van der Waals surface area contributed by atoms with Crippen molar-refractivity contribution >= 4 is 11.8 Å². The molecule has 5 heteroatoms. The van der Waals surface area contributed by atoms with E-state index >= 15 is 0 Å². The highest BCUT2D eigenvalue weighted by molar-refractivity contribution is 5.83. The Morgan fingerprint density at radius 2 is 2.05 bits per heavy atom. The van der Waals surface area contributed by atoms with E-state index in [2.05, 4.69) is 36.7 Å². The SMILES string of the molecule is CC(C)CNC(=O)CCNC(=O)C1NCCCC1C. The van der Waals surface area contributed by atoms with E-state index < -0.39 is 0 Å². The number of carbonyl (C=O) groups excluding carboxylic acids is 2. The predicted octanol–water partition coefficient (Wildman–Crippen LogP) is 0.653. The van der Waals surface area contributed by atoms with E-state index in [1.54, 1.807) is 0 Å². The van der Waals surface area contributed by atoms with E-state index in [0.29, 0.717) is 31.3 Å². The molecule has 1 aliphatic heterocycles. The summed E-state index contributed by atoms with van der Waals surface area (Å²) in [6, 6.07) is -0.104. The van der Waals surface area contributed by atoms with Gasteiger partial charge in [-0.05, 0) is 31.2 Å². The summed E-state index contributed by atoms with van der Waals surface area (Å²) in [6.45, 7) is 8.20. The minimum Gasteiger partial charge on any atom is -0.356 e. The summed E-state index contributed by atoms with van der Waals surface area (Å²) in [7, 11) is 0. The first-order valence-corrected chi connectivity index (χ1v) is 7.28. The molecule has 110 valence electrons. The van der Waals surface area contributed by atoms with Gasteiger partial charge in [-0.1, -0.05) is 20.8 Å². The molecule has 0 aromatic carbocycles. The minimum absolute atomic E-state index is 0.00125. The van der Waals surface area contributed by atoms with Gasteiger partial charge in [0.05, 0.1) is 6.04 Å². The molecule has 0 aromatic rings. The molecule has 1 fully saturated rings. The Morgan fingerprint density at radius 3 is 2.68 bits per heavy atom. The number of hydrogen-bond acceptors (Lipinski definition) is 3. The molecule has 5 nitrogen and oxygen atoms in total. The van der Waals surface area contributed by atoms with E-state index in [1.807, 2.05) is 0 Å². The van der Waals surface area contributed by atoms with Gasteiger partial charge >= 0.3 is 0 Å². The third kappa shape index (κ3) is 6.05. The number of piperidine rings is 1. The van der Waals surface area contributed by atoms with Crippen LogP contribution in [0.5, 0.6) is 0 Å². The van der Waals surface area contributed by atoms with Crippen molar-refractivity contribution in [3.05, 3.63) is 0 Å². The van der Waals surface area contributed by atoms with Crippen LogP contribution in [0.4, 0.5) is 0 Å². The van der Waals surface area contributed by atoms with Crippen molar-refractivity contribution in [2.24, 2.45) is 11.8 Å². The number of rotatable bonds is 6. The Hall–Kier alpha value is -1.10. The Morgan fingerprint density at radius 1 is 1.32 bits per heavy atom. The lowest BCUT2D eigenvalue weighted by atomic mass is 9.92. The molecule has 1 saturated heterocycles. The smallest absolute Gasteiger partial charge is 0.237 e. The van der Waals surface area contributed by atoms with Crippen LogP contribution in [0.1, 0.15) is 40.0 Å². The zero-order chi connectivity index (χ0) is 14.3. The van der Waals surface area contributed by atoms with Gasteiger partial charge in [0.1, 0.15) is 0 Å². The summed E-state index contributed by atoms with van der Waals surface area (Å²) >= 11 is 0. The van der Waals surface area contributed by atoms with Gasteiger partial charge in [0, 0.05) is 19.5 Å². The molecule has 3 N–H and O–H groups in total. The van der Waals surface area contributed by atoms with Crippen molar-refractivity contribution in [2.45, 2.75) is 46.1 Å². The molecule has 2 amide bonds. The lowest BCUT2D eigenvalue weighted by molar-refractivity contribution is -0.125.